The third-order valence-electron chi connectivity index (χ3n) is 13.7. The van der Waals surface area contributed by atoms with Gasteiger partial charge >= 0.3 is 0 Å². The highest BCUT2D eigenvalue weighted by atomic mass is 32.2. The number of amides is 1. The number of carbonyl (C=O) groups excluding carboxylic acids is 1. The van der Waals surface area contributed by atoms with Gasteiger partial charge in [-0.1, -0.05) is 107 Å². The van der Waals surface area contributed by atoms with E-state index in [1.165, 1.54) is 69.9 Å². The second-order valence-corrected chi connectivity index (χ2v) is 29.1. The number of carbonyl (C=O) groups is 1. The van der Waals surface area contributed by atoms with Gasteiger partial charge in [0, 0.05) is 84.1 Å². The van der Waals surface area contributed by atoms with Gasteiger partial charge < -0.3 is 4.90 Å². The predicted molar refractivity (Wildman–Crippen MR) is 301 cm³/mol. The normalized spacial score (nSPS) is 17.1. The first-order valence-corrected chi connectivity index (χ1v) is 32.8. The molecule has 78 heavy (non-hydrogen) atoms. The van der Waals surface area contributed by atoms with Crippen LogP contribution in [-0.4, -0.2) is 153 Å². The third kappa shape index (κ3) is 14.6. The molecule has 1 heterocycles. The minimum atomic E-state index is -4.43. The quantitative estimate of drug-likeness (QED) is 0.130. The van der Waals surface area contributed by atoms with Crippen LogP contribution in [0.15, 0.2) is 176 Å². The first-order chi connectivity index (χ1) is 36.9. The maximum absolute atomic E-state index is 14.8. The zero-order valence-electron chi connectivity index (χ0n) is 44.5. The Bertz CT molecular complexity index is 3400. The average molecular weight is 1160 g/mol. The van der Waals surface area contributed by atoms with E-state index in [-0.39, 0.29) is 95.2 Å². The SMILES string of the molecule is Cc1ccc(S(=O)(=O)N2CCCN(S(=O)(=O)c3ccc(C)cc3)CCN(S(=O)(=O)c3ccc(C)cc3)CCN(C(=O)c3ccccc3)CCN(S(=O)(=O)c3ccc(C)cc3)CCN(S(=O)(=O)c3ccc(C)cc3)CCC2)cc1. The molecular formula is C56H68N6O11S5. The minimum absolute atomic E-state index is 0.0375. The van der Waals surface area contributed by atoms with Crippen molar-refractivity contribution in [2.45, 2.75) is 71.9 Å². The molecule has 17 nitrogen and oxygen atoms in total. The van der Waals surface area contributed by atoms with E-state index in [0.29, 0.717) is 0 Å². The van der Waals surface area contributed by atoms with E-state index in [0.717, 1.165) is 45.0 Å². The molecule has 1 fully saturated rings. The van der Waals surface area contributed by atoms with Gasteiger partial charge in [-0.15, -0.1) is 0 Å². The monoisotopic (exact) mass is 1160 g/mol. The number of rotatable bonds is 11. The summed E-state index contributed by atoms with van der Waals surface area (Å²) in [5.74, 6) is -0.546. The molecule has 0 bridgehead atoms. The fourth-order valence-corrected chi connectivity index (χ4v) is 16.2. The summed E-state index contributed by atoms with van der Waals surface area (Å²) < 4.78 is 153. The van der Waals surface area contributed by atoms with Crippen molar-refractivity contribution in [2.24, 2.45) is 0 Å². The fourth-order valence-electron chi connectivity index (χ4n) is 8.89. The van der Waals surface area contributed by atoms with Crippen molar-refractivity contribution in [3.63, 3.8) is 0 Å². The number of benzene rings is 6. The van der Waals surface area contributed by atoms with Gasteiger partial charge in [0.15, 0.2) is 0 Å². The maximum Gasteiger partial charge on any atom is 0.253 e. The lowest BCUT2D eigenvalue weighted by Gasteiger charge is -2.32. The Kier molecular flexibility index (Phi) is 19.7. The molecule has 1 aliphatic rings. The van der Waals surface area contributed by atoms with Crippen LogP contribution in [0.25, 0.3) is 0 Å². The highest BCUT2D eigenvalue weighted by molar-refractivity contribution is 7.90. The second kappa shape index (κ2) is 25.6. The first kappa shape index (κ1) is 60.0. The summed E-state index contributed by atoms with van der Waals surface area (Å²) in [5.41, 5.74) is 4.20. The molecule has 0 unspecified atom stereocenters. The summed E-state index contributed by atoms with van der Waals surface area (Å²) in [6.45, 7) is 5.11. The van der Waals surface area contributed by atoms with E-state index < -0.39 is 82.2 Å². The molecule has 0 spiro atoms. The summed E-state index contributed by atoms with van der Waals surface area (Å²) in [7, 11) is -21.9. The van der Waals surface area contributed by atoms with Gasteiger partial charge in [0.1, 0.15) is 0 Å². The predicted octanol–water partition coefficient (Wildman–Crippen LogP) is 6.92. The van der Waals surface area contributed by atoms with Gasteiger partial charge in [-0.25, -0.2) is 42.1 Å². The molecule has 0 saturated carbocycles. The molecule has 0 atom stereocenters. The molecule has 22 heteroatoms. The van der Waals surface area contributed by atoms with Crippen LogP contribution in [-0.2, 0) is 50.1 Å². The number of aryl methyl sites for hydroxylation is 5. The van der Waals surface area contributed by atoms with Crippen molar-refractivity contribution < 1.29 is 46.9 Å². The van der Waals surface area contributed by atoms with E-state index in [4.69, 9.17) is 0 Å². The third-order valence-corrected chi connectivity index (χ3v) is 23.2. The van der Waals surface area contributed by atoms with Gasteiger partial charge in [-0.05, 0) is 120 Å². The molecular weight excluding hydrogens is 1090 g/mol. The summed E-state index contributed by atoms with van der Waals surface area (Å²) in [5, 5.41) is 0. The Labute approximate surface area is 462 Å². The van der Waals surface area contributed by atoms with Crippen LogP contribution in [0.4, 0.5) is 0 Å². The molecule has 0 N–H and O–H groups in total. The van der Waals surface area contributed by atoms with Crippen LogP contribution < -0.4 is 0 Å². The van der Waals surface area contributed by atoms with Crippen molar-refractivity contribution in [2.75, 3.05) is 78.5 Å². The van der Waals surface area contributed by atoms with Crippen molar-refractivity contribution in [3.05, 3.63) is 185 Å². The van der Waals surface area contributed by atoms with E-state index in [1.54, 1.807) is 119 Å². The van der Waals surface area contributed by atoms with E-state index in [9.17, 15) is 46.9 Å². The van der Waals surface area contributed by atoms with E-state index in [2.05, 4.69) is 0 Å². The van der Waals surface area contributed by atoms with Gasteiger partial charge in [0.05, 0.1) is 24.5 Å². The first-order valence-electron chi connectivity index (χ1n) is 25.6. The molecule has 1 saturated heterocycles. The van der Waals surface area contributed by atoms with Gasteiger partial charge in [0.2, 0.25) is 50.1 Å². The second-order valence-electron chi connectivity index (χ2n) is 19.5. The number of hydrogen-bond acceptors (Lipinski definition) is 11. The standard InChI is InChI=1S/C56H68N6O11S5/c1-45-13-23-51(24-14-45)74(64,65)58-33-9-35-59(75(66,67)52-25-15-46(2)16-26-52)41-43-61(77(70,71)54-29-19-48(4)20-30-54)39-37-57(56(63)50-11-7-6-8-12-50)38-40-62(78(72,73)55-31-21-49(5)22-32-55)44-42-60(36-10-34-58)76(68,69)53-27-17-47(3)18-28-53/h6-8,11-32H,9-10,33-44H2,1-5H3. The average Bonchev–Trinajstić information content (AvgIpc) is 3.41. The highest BCUT2D eigenvalue weighted by Gasteiger charge is 2.34. The number of sulfonamides is 5. The Hall–Kier alpha value is -5.66. The Balaban J connectivity index is 1.36. The number of nitrogens with zero attached hydrogens (tertiary/aromatic N) is 6. The van der Waals surface area contributed by atoms with Gasteiger partial charge in [-0.2, -0.15) is 21.5 Å². The molecule has 7 rings (SSSR count). The molecule has 0 aromatic heterocycles. The lowest BCUT2D eigenvalue weighted by atomic mass is 10.2. The topological polar surface area (TPSA) is 207 Å². The fraction of sp³-hybridized carbons (Fsp3) is 0.339. The lowest BCUT2D eigenvalue weighted by Crippen LogP contribution is -2.48. The molecule has 418 valence electrons. The summed E-state index contributed by atoms with van der Waals surface area (Å²) in [6, 6.07) is 39.0. The summed E-state index contributed by atoms with van der Waals surface area (Å²) in [6.07, 6.45) is -0.144. The van der Waals surface area contributed by atoms with Crippen molar-refractivity contribution in [1.82, 2.24) is 26.4 Å². The molecule has 6 aromatic carbocycles. The van der Waals surface area contributed by atoms with Crippen LogP contribution in [0.1, 0.15) is 51.0 Å². The molecule has 0 aliphatic carbocycles. The van der Waals surface area contributed by atoms with Crippen LogP contribution >= 0.6 is 0 Å². The molecule has 6 aromatic rings. The van der Waals surface area contributed by atoms with E-state index >= 15 is 0 Å². The van der Waals surface area contributed by atoms with Crippen molar-refractivity contribution >= 4 is 56.0 Å². The van der Waals surface area contributed by atoms with Crippen molar-refractivity contribution in [1.29, 1.82) is 0 Å². The molecule has 1 amide bonds. The zero-order chi connectivity index (χ0) is 56.5. The highest BCUT2D eigenvalue weighted by Crippen LogP contribution is 2.25. The van der Waals surface area contributed by atoms with Crippen LogP contribution in [0.5, 0.6) is 0 Å². The van der Waals surface area contributed by atoms with Gasteiger partial charge in [0.25, 0.3) is 5.91 Å². The smallest absolute Gasteiger partial charge is 0.253 e. The molecule has 0 radical (unpaired) electrons. The Morgan fingerprint density at radius 1 is 0.282 bits per heavy atom. The molecule has 1 aliphatic heterocycles. The Morgan fingerprint density at radius 3 is 0.731 bits per heavy atom. The van der Waals surface area contributed by atoms with Crippen LogP contribution in [0.2, 0.25) is 0 Å². The largest absolute Gasteiger partial charge is 0.336 e. The van der Waals surface area contributed by atoms with Crippen LogP contribution in [0.3, 0.4) is 0 Å². The van der Waals surface area contributed by atoms with Gasteiger partial charge in [-0.3, -0.25) is 4.79 Å². The summed E-state index contributed by atoms with van der Waals surface area (Å²) >= 11 is 0. The lowest BCUT2D eigenvalue weighted by molar-refractivity contribution is 0.0739. The number of hydrogen-bond donors (Lipinski definition) is 0. The maximum atomic E-state index is 14.8. The minimum Gasteiger partial charge on any atom is -0.336 e. The Morgan fingerprint density at radius 2 is 0.487 bits per heavy atom. The zero-order valence-corrected chi connectivity index (χ0v) is 48.6. The van der Waals surface area contributed by atoms with Crippen LogP contribution in [0, 0.1) is 34.6 Å². The van der Waals surface area contributed by atoms with E-state index in [1.807, 2.05) is 6.92 Å². The van der Waals surface area contributed by atoms with Crippen molar-refractivity contribution in [3.8, 4) is 0 Å². The summed E-state index contributed by atoms with van der Waals surface area (Å²) in [4.78, 5) is 15.6.